The van der Waals surface area contributed by atoms with Crippen LogP contribution < -0.4 is 18.9 Å². The zero-order valence-electron chi connectivity index (χ0n) is 16.7. The van der Waals surface area contributed by atoms with Gasteiger partial charge >= 0.3 is 0 Å². The number of rotatable bonds is 4. The standard InChI is InChI=1S/C23H26O5.CH4/c1-23(2)9-7-14-11-15(5-6-18(14)28-23)22(24)16-8-10-27-19-13-21(26-4)20(25-3)12-17(16)19;/h5-7,9,11-13,16,22,24H,8,10H2,1-4H3;1H4. The summed E-state index contributed by atoms with van der Waals surface area (Å²) >= 11 is 0. The Balaban J connectivity index is 0.00000240. The molecule has 4 rings (SSSR count). The molecule has 29 heavy (non-hydrogen) atoms. The molecule has 2 aliphatic rings. The Morgan fingerprint density at radius 3 is 2.52 bits per heavy atom. The fourth-order valence-corrected chi connectivity index (χ4v) is 3.88. The van der Waals surface area contributed by atoms with Gasteiger partial charge in [-0.25, -0.2) is 0 Å². The average Bonchev–Trinajstić information content (AvgIpc) is 2.70. The van der Waals surface area contributed by atoms with Crippen LogP contribution >= 0.6 is 0 Å². The van der Waals surface area contributed by atoms with Crippen molar-refractivity contribution in [2.24, 2.45) is 0 Å². The van der Waals surface area contributed by atoms with Crippen molar-refractivity contribution in [2.45, 2.75) is 45.3 Å². The number of aliphatic hydroxyl groups excluding tert-OH is 1. The van der Waals surface area contributed by atoms with Crippen molar-refractivity contribution >= 4 is 6.08 Å². The summed E-state index contributed by atoms with van der Waals surface area (Å²) in [5.41, 5.74) is 2.46. The largest absolute Gasteiger partial charge is 0.493 e. The Morgan fingerprint density at radius 1 is 1.07 bits per heavy atom. The molecule has 2 unspecified atom stereocenters. The molecule has 2 aliphatic heterocycles. The van der Waals surface area contributed by atoms with Gasteiger partial charge in [-0.1, -0.05) is 19.6 Å². The molecular weight excluding hydrogens is 368 g/mol. The van der Waals surface area contributed by atoms with Crippen molar-refractivity contribution in [1.82, 2.24) is 0 Å². The molecule has 156 valence electrons. The molecule has 2 heterocycles. The van der Waals surface area contributed by atoms with Crippen molar-refractivity contribution in [3.8, 4) is 23.0 Å². The number of aliphatic hydroxyl groups is 1. The van der Waals surface area contributed by atoms with Crippen LogP contribution in [0.3, 0.4) is 0 Å². The number of hydrogen-bond acceptors (Lipinski definition) is 5. The maximum Gasteiger partial charge on any atom is 0.164 e. The summed E-state index contributed by atoms with van der Waals surface area (Å²) in [4.78, 5) is 0. The van der Waals surface area contributed by atoms with E-state index in [0.29, 0.717) is 18.1 Å². The van der Waals surface area contributed by atoms with Gasteiger partial charge in [0.25, 0.3) is 0 Å². The number of ether oxygens (including phenoxy) is 4. The Morgan fingerprint density at radius 2 is 1.79 bits per heavy atom. The lowest BCUT2D eigenvalue weighted by atomic mass is 9.84. The summed E-state index contributed by atoms with van der Waals surface area (Å²) in [6, 6.07) is 9.62. The summed E-state index contributed by atoms with van der Waals surface area (Å²) in [5, 5.41) is 11.2. The molecule has 2 aromatic rings. The number of hydrogen-bond donors (Lipinski definition) is 1. The minimum absolute atomic E-state index is 0. The molecule has 0 bridgehead atoms. The average molecular weight is 398 g/mol. The minimum Gasteiger partial charge on any atom is -0.493 e. The van der Waals surface area contributed by atoms with E-state index >= 15 is 0 Å². The van der Waals surface area contributed by atoms with Gasteiger partial charge in [0.1, 0.15) is 17.1 Å². The van der Waals surface area contributed by atoms with Crippen LogP contribution in [0.25, 0.3) is 6.08 Å². The highest BCUT2D eigenvalue weighted by Gasteiger charge is 2.31. The number of fused-ring (bicyclic) bond motifs is 2. The molecule has 0 saturated carbocycles. The molecular formula is C24H30O5. The van der Waals surface area contributed by atoms with Crippen LogP contribution in [0.2, 0.25) is 0 Å². The minimum atomic E-state index is -0.658. The van der Waals surface area contributed by atoms with Gasteiger partial charge in [-0.3, -0.25) is 0 Å². The van der Waals surface area contributed by atoms with E-state index in [1.165, 1.54) is 0 Å². The summed E-state index contributed by atoms with van der Waals surface area (Å²) in [6.45, 7) is 4.60. The fraction of sp³-hybridized carbons (Fsp3) is 0.417. The van der Waals surface area contributed by atoms with Gasteiger partial charge in [0.2, 0.25) is 0 Å². The third-order valence-corrected chi connectivity index (χ3v) is 5.40. The van der Waals surface area contributed by atoms with Crippen molar-refractivity contribution in [3.63, 3.8) is 0 Å². The predicted molar refractivity (Wildman–Crippen MR) is 114 cm³/mol. The molecule has 0 radical (unpaired) electrons. The summed E-state index contributed by atoms with van der Waals surface area (Å²) in [7, 11) is 3.21. The van der Waals surface area contributed by atoms with Gasteiger partial charge in [-0.05, 0) is 50.1 Å². The predicted octanol–water partition coefficient (Wildman–Crippen LogP) is 5.12. The zero-order chi connectivity index (χ0) is 19.9. The first-order valence-corrected chi connectivity index (χ1v) is 9.51. The second kappa shape index (κ2) is 7.99. The van der Waals surface area contributed by atoms with E-state index in [2.05, 4.69) is 6.08 Å². The van der Waals surface area contributed by atoms with Crippen LogP contribution in [0.15, 0.2) is 36.4 Å². The molecule has 2 atom stereocenters. The van der Waals surface area contributed by atoms with E-state index in [1.54, 1.807) is 14.2 Å². The van der Waals surface area contributed by atoms with Crippen molar-refractivity contribution < 1.29 is 24.1 Å². The molecule has 1 N–H and O–H groups in total. The summed E-state index contributed by atoms with van der Waals surface area (Å²) in [5.74, 6) is 2.73. The molecule has 0 aliphatic carbocycles. The van der Waals surface area contributed by atoms with Gasteiger partial charge in [-0.15, -0.1) is 0 Å². The molecule has 0 amide bonds. The van der Waals surface area contributed by atoms with E-state index in [0.717, 1.165) is 34.6 Å². The van der Waals surface area contributed by atoms with E-state index in [-0.39, 0.29) is 18.9 Å². The topological polar surface area (TPSA) is 57.2 Å². The highest BCUT2D eigenvalue weighted by atomic mass is 16.5. The highest BCUT2D eigenvalue weighted by Crippen LogP contribution is 2.46. The maximum atomic E-state index is 11.2. The van der Waals surface area contributed by atoms with Crippen molar-refractivity contribution in [2.75, 3.05) is 20.8 Å². The Bertz CT molecular complexity index is 916. The molecule has 2 aromatic carbocycles. The molecule has 0 spiro atoms. The van der Waals surface area contributed by atoms with Gasteiger partial charge < -0.3 is 24.1 Å². The zero-order valence-corrected chi connectivity index (χ0v) is 16.7. The normalized spacial score (nSPS) is 19.6. The Labute approximate surface area is 172 Å². The fourth-order valence-electron chi connectivity index (χ4n) is 3.88. The lowest BCUT2D eigenvalue weighted by Crippen LogP contribution is -2.27. The summed E-state index contributed by atoms with van der Waals surface area (Å²) in [6.07, 6.45) is 4.15. The van der Waals surface area contributed by atoms with Gasteiger partial charge in [-0.2, -0.15) is 0 Å². The second-order valence-electron chi connectivity index (χ2n) is 7.77. The smallest absolute Gasteiger partial charge is 0.164 e. The van der Waals surface area contributed by atoms with Crippen LogP contribution in [0.4, 0.5) is 0 Å². The van der Waals surface area contributed by atoms with Crippen LogP contribution in [-0.4, -0.2) is 31.5 Å². The van der Waals surface area contributed by atoms with Gasteiger partial charge in [0.05, 0.1) is 26.9 Å². The van der Waals surface area contributed by atoms with Crippen molar-refractivity contribution in [1.29, 1.82) is 0 Å². The monoisotopic (exact) mass is 398 g/mol. The first-order chi connectivity index (χ1) is 13.4. The molecule has 0 aromatic heterocycles. The number of benzene rings is 2. The van der Waals surface area contributed by atoms with Crippen molar-refractivity contribution in [3.05, 3.63) is 53.1 Å². The maximum absolute atomic E-state index is 11.2. The Kier molecular flexibility index (Phi) is 5.80. The molecule has 0 fully saturated rings. The number of methoxy groups -OCH3 is 2. The Hall–Kier alpha value is -2.66. The quantitative estimate of drug-likeness (QED) is 0.774. The van der Waals surface area contributed by atoms with E-state index in [1.807, 2.05) is 50.3 Å². The lowest BCUT2D eigenvalue weighted by Gasteiger charge is -2.32. The van der Waals surface area contributed by atoms with Crippen LogP contribution in [0.5, 0.6) is 23.0 Å². The lowest BCUT2D eigenvalue weighted by molar-refractivity contribution is 0.116. The van der Waals surface area contributed by atoms with Gasteiger partial charge in [0, 0.05) is 23.1 Å². The first-order valence-electron chi connectivity index (χ1n) is 9.51. The first kappa shape index (κ1) is 21.1. The van der Waals surface area contributed by atoms with Crippen LogP contribution in [0, 0.1) is 0 Å². The third kappa shape index (κ3) is 3.92. The van der Waals surface area contributed by atoms with E-state index in [9.17, 15) is 5.11 Å². The second-order valence-corrected chi connectivity index (χ2v) is 7.77. The molecule has 0 saturated heterocycles. The third-order valence-electron chi connectivity index (χ3n) is 5.40. The SMILES string of the molecule is C.COc1cc2c(cc1OC)C(C(O)c1ccc3c(c1)C=CC(C)(C)O3)CCO2. The van der Waals surface area contributed by atoms with E-state index in [4.69, 9.17) is 18.9 Å². The molecule has 5 heteroatoms. The van der Waals surface area contributed by atoms with Gasteiger partial charge in [0.15, 0.2) is 11.5 Å². The highest BCUT2D eigenvalue weighted by molar-refractivity contribution is 5.62. The summed E-state index contributed by atoms with van der Waals surface area (Å²) < 4.78 is 22.6. The van der Waals surface area contributed by atoms with E-state index < -0.39 is 6.10 Å². The molecule has 5 nitrogen and oxygen atoms in total. The van der Waals surface area contributed by atoms with Crippen LogP contribution in [0.1, 0.15) is 56.4 Å². The van der Waals surface area contributed by atoms with Crippen LogP contribution in [-0.2, 0) is 0 Å².